The Bertz CT molecular complexity index is 816. The van der Waals surface area contributed by atoms with E-state index in [1.807, 2.05) is 0 Å². The number of halogens is 3. The lowest BCUT2D eigenvalue weighted by atomic mass is 10.1. The lowest BCUT2D eigenvalue weighted by Gasteiger charge is -2.07. The van der Waals surface area contributed by atoms with Crippen LogP contribution in [0.5, 0.6) is 0 Å². The van der Waals surface area contributed by atoms with Crippen LogP contribution in [0.25, 0.3) is 10.6 Å². The SMILES string of the molecule is O=C(CNC(=O)c1csc(-c2cccc(C(F)(F)F)c2)n1)OCC1CC1. The lowest BCUT2D eigenvalue weighted by molar-refractivity contribution is -0.143. The van der Waals surface area contributed by atoms with Crippen LogP contribution in [0.4, 0.5) is 13.2 Å². The number of rotatable bonds is 6. The van der Waals surface area contributed by atoms with Gasteiger partial charge in [-0.1, -0.05) is 12.1 Å². The number of carbonyl (C=O) groups is 2. The van der Waals surface area contributed by atoms with Crippen LogP contribution in [0.1, 0.15) is 28.9 Å². The summed E-state index contributed by atoms with van der Waals surface area (Å²) in [6.45, 7) is 0.0903. The molecule has 5 nitrogen and oxygen atoms in total. The zero-order valence-corrected chi connectivity index (χ0v) is 14.3. The van der Waals surface area contributed by atoms with E-state index in [1.54, 1.807) is 0 Å². The van der Waals surface area contributed by atoms with Gasteiger partial charge in [-0.05, 0) is 30.9 Å². The molecule has 9 heteroatoms. The lowest BCUT2D eigenvalue weighted by Crippen LogP contribution is -2.31. The number of thiazole rings is 1. The molecular formula is C17H15F3N2O3S. The van der Waals surface area contributed by atoms with Gasteiger partial charge in [-0.25, -0.2) is 4.98 Å². The van der Waals surface area contributed by atoms with Gasteiger partial charge in [0.1, 0.15) is 17.2 Å². The third-order valence-corrected chi connectivity index (χ3v) is 4.64. The molecule has 0 bridgehead atoms. The number of ether oxygens (including phenoxy) is 1. The van der Waals surface area contributed by atoms with E-state index < -0.39 is 23.6 Å². The Morgan fingerprint density at radius 3 is 2.77 bits per heavy atom. The zero-order chi connectivity index (χ0) is 18.7. The average Bonchev–Trinajstić information content (AvgIpc) is 3.31. The fourth-order valence-electron chi connectivity index (χ4n) is 2.13. The summed E-state index contributed by atoms with van der Waals surface area (Å²) in [7, 11) is 0. The first kappa shape index (κ1) is 18.4. The molecule has 0 atom stereocenters. The molecular weight excluding hydrogens is 369 g/mol. The number of nitrogens with one attached hydrogen (secondary N) is 1. The van der Waals surface area contributed by atoms with Crippen molar-refractivity contribution in [3.05, 3.63) is 40.9 Å². The van der Waals surface area contributed by atoms with Gasteiger partial charge in [-0.2, -0.15) is 13.2 Å². The summed E-state index contributed by atoms with van der Waals surface area (Å²) < 4.78 is 43.3. The Morgan fingerprint density at radius 2 is 2.08 bits per heavy atom. The van der Waals surface area contributed by atoms with E-state index in [0.29, 0.717) is 12.5 Å². The Labute approximate surface area is 151 Å². The number of benzene rings is 1. The molecule has 1 aromatic carbocycles. The number of aromatic nitrogens is 1. The monoisotopic (exact) mass is 384 g/mol. The second-order valence-electron chi connectivity index (χ2n) is 5.93. The third kappa shape index (κ3) is 4.81. The molecule has 1 aliphatic rings. The van der Waals surface area contributed by atoms with Gasteiger partial charge >= 0.3 is 12.1 Å². The maximum absolute atomic E-state index is 12.8. The summed E-state index contributed by atoms with van der Waals surface area (Å²) in [4.78, 5) is 27.6. The molecule has 2 aromatic rings. The predicted molar refractivity (Wildman–Crippen MR) is 88.6 cm³/mol. The van der Waals surface area contributed by atoms with E-state index in [1.165, 1.54) is 17.5 Å². The molecule has 138 valence electrons. The molecule has 1 saturated carbocycles. The molecule has 1 fully saturated rings. The van der Waals surface area contributed by atoms with Crippen molar-refractivity contribution in [2.45, 2.75) is 19.0 Å². The summed E-state index contributed by atoms with van der Waals surface area (Å²) in [6.07, 6.45) is -2.35. The molecule has 26 heavy (non-hydrogen) atoms. The third-order valence-electron chi connectivity index (χ3n) is 3.74. The van der Waals surface area contributed by atoms with Crippen molar-refractivity contribution >= 4 is 23.2 Å². The summed E-state index contributed by atoms with van der Waals surface area (Å²) in [5.74, 6) is -0.676. The summed E-state index contributed by atoms with van der Waals surface area (Å²) in [6, 6.07) is 4.73. The minimum Gasteiger partial charge on any atom is -0.464 e. The fourth-order valence-corrected chi connectivity index (χ4v) is 2.93. The van der Waals surface area contributed by atoms with Crippen molar-refractivity contribution in [1.82, 2.24) is 10.3 Å². The fraction of sp³-hybridized carbons (Fsp3) is 0.353. The number of esters is 1. The minimum atomic E-state index is -4.45. The second kappa shape index (κ2) is 7.45. The molecule has 0 radical (unpaired) electrons. The maximum Gasteiger partial charge on any atom is 0.416 e. The number of nitrogens with zero attached hydrogens (tertiary/aromatic N) is 1. The van der Waals surface area contributed by atoms with E-state index in [-0.39, 0.29) is 22.8 Å². The second-order valence-corrected chi connectivity index (χ2v) is 6.78. The Balaban J connectivity index is 1.60. The topological polar surface area (TPSA) is 68.3 Å². The molecule has 0 unspecified atom stereocenters. The summed E-state index contributed by atoms with van der Waals surface area (Å²) >= 11 is 1.05. The van der Waals surface area contributed by atoms with Crippen molar-refractivity contribution in [3.8, 4) is 10.6 Å². The largest absolute Gasteiger partial charge is 0.464 e. The van der Waals surface area contributed by atoms with Crippen LogP contribution < -0.4 is 5.32 Å². The van der Waals surface area contributed by atoms with E-state index in [2.05, 4.69) is 10.3 Å². The Morgan fingerprint density at radius 1 is 1.31 bits per heavy atom. The summed E-state index contributed by atoms with van der Waals surface area (Å²) in [5, 5.41) is 4.11. The smallest absolute Gasteiger partial charge is 0.416 e. The highest BCUT2D eigenvalue weighted by Crippen LogP contribution is 2.33. The zero-order valence-electron chi connectivity index (χ0n) is 13.5. The molecule has 0 aliphatic heterocycles. The van der Waals surface area contributed by atoms with Gasteiger partial charge in [0.05, 0.1) is 12.2 Å². The molecule has 1 aliphatic carbocycles. The van der Waals surface area contributed by atoms with Crippen LogP contribution in [0.2, 0.25) is 0 Å². The summed E-state index contributed by atoms with van der Waals surface area (Å²) in [5.41, 5.74) is -0.472. The molecule has 3 rings (SSSR count). The standard InChI is InChI=1S/C17H15F3N2O3S/c18-17(19,20)12-3-1-2-11(6-12)16-22-13(9-26-16)15(24)21-7-14(23)25-8-10-4-5-10/h1-3,6,9-10H,4-5,7-8H2,(H,21,24). The Kier molecular flexibility index (Phi) is 5.26. The first-order chi connectivity index (χ1) is 12.3. The van der Waals surface area contributed by atoms with E-state index in [9.17, 15) is 22.8 Å². The molecule has 0 spiro atoms. The number of alkyl halides is 3. The van der Waals surface area contributed by atoms with Crippen LogP contribution in [0.3, 0.4) is 0 Å². The van der Waals surface area contributed by atoms with Crippen LogP contribution in [0.15, 0.2) is 29.6 Å². The highest BCUT2D eigenvalue weighted by Gasteiger charge is 2.30. The van der Waals surface area contributed by atoms with Gasteiger partial charge in [-0.15, -0.1) is 11.3 Å². The highest BCUT2D eigenvalue weighted by atomic mass is 32.1. The van der Waals surface area contributed by atoms with Crippen LogP contribution in [-0.4, -0.2) is 30.0 Å². The van der Waals surface area contributed by atoms with Crippen LogP contribution in [0, 0.1) is 5.92 Å². The molecule has 1 heterocycles. The van der Waals surface area contributed by atoms with Gasteiger partial charge in [0.2, 0.25) is 0 Å². The Hall–Kier alpha value is -2.42. The van der Waals surface area contributed by atoms with Crippen LogP contribution >= 0.6 is 11.3 Å². The average molecular weight is 384 g/mol. The number of carbonyl (C=O) groups excluding carboxylic acids is 2. The van der Waals surface area contributed by atoms with Gasteiger partial charge in [0.15, 0.2) is 0 Å². The number of hydrogen-bond donors (Lipinski definition) is 1. The number of hydrogen-bond acceptors (Lipinski definition) is 5. The van der Waals surface area contributed by atoms with E-state index in [0.717, 1.165) is 36.3 Å². The van der Waals surface area contributed by atoms with Crippen molar-refractivity contribution < 1.29 is 27.5 Å². The first-order valence-electron chi connectivity index (χ1n) is 7.90. The highest BCUT2D eigenvalue weighted by molar-refractivity contribution is 7.13. The van der Waals surface area contributed by atoms with Gasteiger partial charge in [-0.3, -0.25) is 9.59 Å². The van der Waals surface area contributed by atoms with Gasteiger partial charge < -0.3 is 10.1 Å². The molecule has 1 N–H and O–H groups in total. The normalized spacial score (nSPS) is 14.1. The van der Waals surface area contributed by atoms with Crippen molar-refractivity contribution in [2.75, 3.05) is 13.2 Å². The first-order valence-corrected chi connectivity index (χ1v) is 8.78. The van der Waals surface area contributed by atoms with Gasteiger partial charge in [0, 0.05) is 10.9 Å². The number of amides is 1. The van der Waals surface area contributed by atoms with E-state index >= 15 is 0 Å². The minimum absolute atomic E-state index is 0.0393. The predicted octanol–water partition coefficient (Wildman–Crippen LogP) is 3.51. The molecule has 1 amide bonds. The quantitative estimate of drug-likeness (QED) is 0.774. The van der Waals surface area contributed by atoms with Crippen molar-refractivity contribution in [1.29, 1.82) is 0 Å². The van der Waals surface area contributed by atoms with Gasteiger partial charge in [0.25, 0.3) is 5.91 Å². The van der Waals surface area contributed by atoms with E-state index in [4.69, 9.17) is 4.74 Å². The van der Waals surface area contributed by atoms with Crippen molar-refractivity contribution in [3.63, 3.8) is 0 Å². The molecule has 0 saturated heterocycles. The maximum atomic E-state index is 12.8. The van der Waals surface area contributed by atoms with Crippen LogP contribution in [-0.2, 0) is 15.7 Å². The van der Waals surface area contributed by atoms with Crippen molar-refractivity contribution in [2.24, 2.45) is 5.92 Å². The molecule has 1 aromatic heterocycles.